The number of nitrogens with one attached hydrogen (secondary N) is 1. The molecule has 0 aliphatic carbocycles. The summed E-state index contributed by atoms with van der Waals surface area (Å²) in [6, 6.07) is 3.25. The molecule has 1 atom stereocenters. The van der Waals surface area contributed by atoms with Gasteiger partial charge >= 0.3 is 6.09 Å². The first-order valence-electron chi connectivity index (χ1n) is 9.75. The van der Waals surface area contributed by atoms with E-state index in [1.807, 2.05) is 51.7 Å². The van der Waals surface area contributed by atoms with Gasteiger partial charge in [-0.15, -0.1) is 0 Å². The number of hydrazone groups is 1. The van der Waals surface area contributed by atoms with Crippen molar-refractivity contribution in [2.24, 2.45) is 5.10 Å². The van der Waals surface area contributed by atoms with Gasteiger partial charge in [-0.25, -0.2) is 10.2 Å². The van der Waals surface area contributed by atoms with Gasteiger partial charge in [0.1, 0.15) is 35.3 Å². The van der Waals surface area contributed by atoms with Crippen LogP contribution in [0.1, 0.15) is 34.6 Å². The minimum atomic E-state index is -0.551. The molecular formula is C20H25BrN4O5. The molecule has 9 nitrogen and oxygen atoms in total. The fourth-order valence-corrected chi connectivity index (χ4v) is 4.06. The molecule has 0 saturated carbocycles. The lowest BCUT2D eigenvalue weighted by atomic mass is 9.97. The number of carbonyl (C=O) groups excluding carboxylic acids is 2. The normalized spacial score (nSPS) is 22.0. The summed E-state index contributed by atoms with van der Waals surface area (Å²) in [4.78, 5) is 27.8. The minimum Gasteiger partial charge on any atom is -0.483 e. The topological polar surface area (TPSA) is 92.7 Å². The first-order valence-corrected chi connectivity index (χ1v) is 10.5. The number of amides is 2. The lowest BCUT2D eigenvalue weighted by Gasteiger charge is -2.47. The molecule has 1 N–H and O–H groups in total. The predicted molar refractivity (Wildman–Crippen MR) is 114 cm³/mol. The van der Waals surface area contributed by atoms with Crippen molar-refractivity contribution in [2.45, 2.75) is 51.9 Å². The molecule has 10 heteroatoms. The first kappa shape index (κ1) is 20.8. The number of likely N-dealkylation sites (tertiary alicyclic amines) is 1. The lowest BCUT2D eigenvalue weighted by molar-refractivity contribution is -0.122. The Balaban J connectivity index is 1.53. The van der Waals surface area contributed by atoms with E-state index in [1.165, 1.54) is 0 Å². The molecule has 4 rings (SSSR count). The van der Waals surface area contributed by atoms with Crippen LogP contribution in [0.25, 0.3) is 0 Å². The van der Waals surface area contributed by atoms with Crippen molar-refractivity contribution in [1.29, 1.82) is 0 Å². The number of carbonyl (C=O) groups is 2. The number of hydrogen-bond donors (Lipinski definition) is 1. The maximum Gasteiger partial charge on any atom is 0.410 e. The zero-order chi connectivity index (χ0) is 21.8. The van der Waals surface area contributed by atoms with Crippen LogP contribution in [0.5, 0.6) is 11.5 Å². The maximum atomic E-state index is 12.2. The molecule has 0 bridgehead atoms. The number of fused-ring (bicyclic) bond motifs is 3. The van der Waals surface area contributed by atoms with Crippen molar-refractivity contribution in [2.75, 3.05) is 24.6 Å². The first-order chi connectivity index (χ1) is 14.0. The molecular weight excluding hydrogens is 456 g/mol. The van der Waals surface area contributed by atoms with Crippen molar-refractivity contribution < 1.29 is 23.8 Å². The zero-order valence-electron chi connectivity index (χ0n) is 17.6. The van der Waals surface area contributed by atoms with Gasteiger partial charge in [0.2, 0.25) is 0 Å². The quantitative estimate of drug-likeness (QED) is 0.699. The van der Waals surface area contributed by atoms with E-state index in [-0.39, 0.29) is 18.6 Å². The minimum absolute atomic E-state index is 0.184. The average molecular weight is 481 g/mol. The molecule has 3 aliphatic heterocycles. The number of anilines is 1. The van der Waals surface area contributed by atoms with Gasteiger partial charge in [0.15, 0.2) is 5.84 Å². The van der Waals surface area contributed by atoms with Crippen LogP contribution in [0.15, 0.2) is 21.7 Å². The summed E-state index contributed by atoms with van der Waals surface area (Å²) in [5.74, 6) is 1.69. The Bertz CT molecular complexity index is 936. The average Bonchev–Trinajstić information content (AvgIpc) is 2.61. The smallest absolute Gasteiger partial charge is 0.410 e. The fraction of sp³-hybridized carbons (Fsp3) is 0.550. The molecule has 3 heterocycles. The van der Waals surface area contributed by atoms with Gasteiger partial charge < -0.3 is 24.0 Å². The van der Waals surface area contributed by atoms with E-state index >= 15 is 0 Å². The van der Waals surface area contributed by atoms with Crippen LogP contribution in [0.4, 0.5) is 10.5 Å². The number of hydrogen-bond acceptors (Lipinski definition) is 7. The highest BCUT2D eigenvalue weighted by molar-refractivity contribution is 9.10. The maximum absolute atomic E-state index is 12.2. The van der Waals surface area contributed by atoms with Gasteiger partial charge in [-0.3, -0.25) is 4.79 Å². The second kappa shape index (κ2) is 7.04. The Morgan fingerprint density at radius 1 is 1.37 bits per heavy atom. The van der Waals surface area contributed by atoms with Crippen molar-refractivity contribution in [1.82, 2.24) is 10.3 Å². The molecule has 162 valence electrons. The molecule has 1 aromatic rings. The number of benzene rings is 1. The third-order valence-corrected chi connectivity index (χ3v) is 5.65. The molecule has 3 aliphatic rings. The highest BCUT2D eigenvalue weighted by Crippen LogP contribution is 2.43. The third kappa shape index (κ3) is 3.80. The Labute approximate surface area is 183 Å². The summed E-state index contributed by atoms with van der Waals surface area (Å²) in [6.45, 7) is 10.4. The predicted octanol–water partition coefficient (Wildman–Crippen LogP) is 2.87. The van der Waals surface area contributed by atoms with Gasteiger partial charge in [0.25, 0.3) is 5.91 Å². The summed E-state index contributed by atoms with van der Waals surface area (Å²) in [6.07, 6.45) is -0.351. The summed E-state index contributed by atoms with van der Waals surface area (Å²) >= 11 is 3.54. The SMILES string of the molecule is CC1C(=O)NN=C2COc3cc(Br)c(OC4(C)CN(C(=O)OC(C)(C)C)C4)cc3N21. The number of halogens is 1. The van der Waals surface area contributed by atoms with Crippen molar-refractivity contribution in [3.63, 3.8) is 0 Å². The van der Waals surface area contributed by atoms with Gasteiger partial charge in [0, 0.05) is 12.1 Å². The third-order valence-electron chi connectivity index (χ3n) is 5.03. The van der Waals surface area contributed by atoms with Crippen molar-refractivity contribution in [3.05, 3.63) is 16.6 Å². The second-order valence-corrected chi connectivity index (χ2v) is 9.83. The van der Waals surface area contributed by atoms with Crippen LogP contribution >= 0.6 is 15.9 Å². The van der Waals surface area contributed by atoms with Crippen LogP contribution in [0, 0.1) is 0 Å². The summed E-state index contributed by atoms with van der Waals surface area (Å²) in [7, 11) is 0. The van der Waals surface area contributed by atoms with E-state index in [1.54, 1.807) is 4.90 Å². The highest BCUT2D eigenvalue weighted by Gasteiger charge is 2.46. The highest BCUT2D eigenvalue weighted by atomic mass is 79.9. The van der Waals surface area contributed by atoms with E-state index in [0.717, 1.165) is 4.47 Å². The Morgan fingerprint density at radius 2 is 2.07 bits per heavy atom. The van der Waals surface area contributed by atoms with E-state index < -0.39 is 17.2 Å². The summed E-state index contributed by atoms with van der Waals surface area (Å²) < 4.78 is 18.2. The van der Waals surface area contributed by atoms with Crippen LogP contribution in [-0.2, 0) is 9.53 Å². The van der Waals surface area contributed by atoms with Gasteiger partial charge in [-0.2, -0.15) is 5.10 Å². The van der Waals surface area contributed by atoms with Gasteiger partial charge in [0.05, 0.1) is 23.2 Å². The van der Waals surface area contributed by atoms with Crippen molar-refractivity contribution in [3.8, 4) is 11.5 Å². The molecule has 1 fully saturated rings. The Hall–Kier alpha value is -2.49. The molecule has 30 heavy (non-hydrogen) atoms. The van der Waals surface area contributed by atoms with E-state index in [9.17, 15) is 9.59 Å². The molecule has 1 unspecified atom stereocenters. The number of ether oxygens (including phenoxy) is 3. The Kier molecular flexibility index (Phi) is 4.87. The summed E-state index contributed by atoms with van der Waals surface area (Å²) in [5.41, 5.74) is 2.14. The molecule has 0 radical (unpaired) electrons. The fourth-order valence-electron chi connectivity index (χ4n) is 3.65. The van der Waals surface area contributed by atoms with E-state index in [0.29, 0.717) is 36.1 Å². The number of rotatable bonds is 2. The van der Waals surface area contributed by atoms with Crippen LogP contribution in [0.3, 0.4) is 0 Å². The molecule has 0 aromatic heterocycles. The molecule has 0 spiro atoms. The Morgan fingerprint density at radius 3 is 2.73 bits per heavy atom. The lowest BCUT2D eigenvalue weighted by Crippen LogP contribution is -2.65. The molecule has 2 amide bonds. The summed E-state index contributed by atoms with van der Waals surface area (Å²) in [5, 5.41) is 4.10. The largest absolute Gasteiger partial charge is 0.483 e. The van der Waals surface area contributed by atoms with Gasteiger partial charge in [-0.05, 0) is 50.5 Å². The van der Waals surface area contributed by atoms with E-state index in [4.69, 9.17) is 14.2 Å². The standard InChI is InChI=1S/C20H25BrN4O5/c1-11-17(26)23-22-16-8-28-15-6-12(21)14(7-13(15)25(11)16)29-20(5)9-24(10-20)18(27)30-19(2,3)4/h6-7,11H,8-10H2,1-5H3,(H,23,26). The van der Waals surface area contributed by atoms with Gasteiger partial charge in [-0.1, -0.05) is 0 Å². The number of amidine groups is 1. The van der Waals surface area contributed by atoms with Crippen LogP contribution < -0.4 is 19.8 Å². The monoisotopic (exact) mass is 480 g/mol. The number of nitrogens with zero attached hydrogens (tertiary/aromatic N) is 3. The molecule has 1 saturated heterocycles. The second-order valence-electron chi connectivity index (χ2n) is 8.98. The zero-order valence-corrected chi connectivity index (χ0v) is 19.2. The van der Waals surface area contributed by atoms with Crippen LogP contribution in [-0.4, -0.2) is 59.7 Å². The van der Waals surface area contributed by atoms with Crippen molar-refractivity contribution >= 4 is 39.5 Å². The van der Waals surface area contributed by atoms with E-state index in [2.05, 4.69) is 26.5 Å². The van der Waals surface area contributed by atoms with Crippen LogP contribution in [0.2, 0.25) is 0 Å². The molecule has 1 aromatic carbocycles.